The molecule has 33 heavy (non-hydrogen) atoms. The van der Waals surface area contributed by atoms with Gasteiger partial charge in [0.15, 0.2) is 11.6 Å². The van der Waals surface area contributed by atoms with Crippen LogP contribution in [0.25, 0.3) is 11.0 Å². The first kappa shape index (κ1) is 24.0. The van der Waals surface area contributed by atoms with Crippen LogP contribution >= 0.6 is 38.9 Å². The van der Waals surface area contributed by atoms with Crippen LogP contribution in [0, 0.1) is 12.7 Å². The van der Waals surface area contributed by atoms with Crippen LogP contribution in [0.15, 0.2) is 40.4 Å². The highest BCUT2D eigenvalue weighted by Gasteiger charge is 2.23. The molecule has 172 valence electrons. The van der Waals surface area contributed by atoms with Gasteiger partial charge in [0.2, 0.25) is 0 Å². The molecule has 10 heteroatoms. The molecule has 0 amide bonds. The van der Waals surface area contributed by atoms with E-state index in [0.717, 1.165) is 15.2 Å². The van der Waals surface area contributed by atoms with Crippen LogP contribution in [0.3, 0.4) is 0 Å². The molecule has 0 saturated heterocycles. The summed E-state index contributed by atoms with van der Waals surface area (Å²) in [5.41, 5.74) is 2.60. The van der Waals surface area contributed by atoms with Crippen molar-refractivity contribution < 1.29 is 19.0 Å². The van der Waals surface area contributed by atoms with Gasteiger partial charge in [0, 0.05) is 32.4 Å². The normalized spacial score (nSPS) is 11.4. The number of aliphatic hydroxyl groups excluding tert-OH is 1. The number of halogens is 3. The van der Waals surface area contributed by atoms with Crippen molar-refractivity contribution in [1.82, 2.24) is 14.5 Å². The zero-order valence-corrected chi connectivity index (χ0v) is 20.8. The second-order valence-corrected chi connectivity index (χ2v) is 9.81. The fourth-order valence-corrected chi connectivity index (χ4v) is 4.91. The first-order chi connectivity index (χ1) is 15.9. The first-order valence-corrected chi connectivity index (χ1v) is 12.2. The van der Waals surface area contributed by atoms with Crippen LogP contribution in [0.4, 0.5) is 4.39 Å². The van der Waals surface area contributed by atoms with Crippen LogP contribution in [-0.2, 0) is 17.7 Å². The number of aromatic nitrogens is 3. The number of Topliss-reactive ketones (excluding diaryl/α,β-unsaturated/α-hetero) is 1. The molecule has 2 heterocycles. The average Bonchev–Trinajstić information content (AvgIpc) is 3.38. The molecular formula is C23H20BrClFN3O3S. The minimum atomic E-state index is -0.565. The maximum absolute atomic E-state index is 15.8. The van der Waals surface area contributed by atoms with E-state index in [4.69, 9.17) is 21.4 Å². The molecule has 6 nitrogen and oxygen atoms in total. The molecule has 0 aliphatic rings. The minimum absolute atomic E-state index is 0.0193. The van der Waals surface area contributed by atoms with Crippen molar-refractivity contribution in [3.8, 4) is 0 Å². The third-order valence-corrected chi connectivity index (χ3v) is 6.78. The van der Waals surface area contributed by atoms with Crippen LogP contribution in [0.1, 0.15) is 32.2 Å². The van der Waals surface area contributed by atoms with Gasteiger partial charge in [-0.15, -0.1) is 11.3 Å². The molecule has 0 aliphatic carbocycles. The molecule has 0 unspecified atom stereocenters. The van der Waals surface area contributed by atoms with Gasteiger partial charge in [-0.25, -0.2) is 14.4 Å². The van der Waals surface area contributed by atoms with E-state index in [-0.39, 0.29) is 48.7 Å². The lowest BCUT2D eigenvalue weighted by molar-refractivity contribution is 0.0663. The monoisotopic (exact) mass is 551 g/mol. The van der Waals surface area contributed by atoms with Gasteiger partial charge in [-0.05, 0) is 30.7 Å². The lowest BCUT2D eigenvalue weighted by Crippen LogP contribution is -2.15. The molecule has 0 atom stereocenters. The summed E-state index contributed by atoms with van der Waals surface area (Å²) in [5, 5.41) is 12.3. The summed E-state index contributed by atoms with van der Waals surface area (Å²) in [6.45, 7) is 1.87. The number of ketones is 1. The molecule has 0 bridgehead atoms. The number of aliphatic hydroxyl groups is 1. The third kappa shape index (κ3) is 5.33. The SMILES string of the molecule is Cc1nc(Cn2cnc3c(F)c(Cc4ccc(Br)cc4Cl)c(C(=O)COCCO)cc32)cs1. The Labute approximate surface area is 207 Å². The number of rotatable bonds is 9. The Morgan fingerprint density at radius 1 is 1.36 bits per heavy atom. The molecular weight excluding hydrogens is 533 g/mol. The Balaban J connectivity index is 1.79. The molecule has 0 fully saturated rings. The first-order valence-electron chi connectivity index (χ1n) is 10.1. The Morgan fingerprint density at radius 3 is 2.88 bits per heavy atom. The van der Waals surface area contributed by atoms with Gasteiger partial charge in [-0.2, -0.15) is 0 Å². The number of carbonyl (C=O) groups excluding carboxylic acids is 1. The number of hydrogen-bond donors (Lipinski definition) is 1. The van der Waals surface area contributed by atoms with Gasteiger partial charge >= 0.3 is 0 Å². The molecule has 0 spiro atoms. The zero-order valence-electron chi connectivity index (χ0n) is 17.6. The molecule has 1 N–H and O–H groups in total. The summed E-state index contributed by atoms with van der Waals surface area (Å²) in [6.07, 6.45) is 1.67. The highest BCUT2D eigenvalue weighted by atomic mass is 79.9. The van der Waals surface area contributed by atoms with Gasteiger partial charge in [0.1, 0.15) is 12.1 Å². The van der Waals surface area contributed by atoms with Crippen molar-refractivity contribution in [2.24, 2.45) is 0 Å². The van der Waals surface area contributed by atoms with Crippen LogP contribution in [0.5, 0.6) is 0 Å². The number of aryl methyl sites for hydroxylation is 1. The van der Waals surface area contributed by atoms with Crippen molar-refractivity contribution >= 4 is 55.7 Å². The van der Waals surface area contributed by atoms with E-state index in [1.807, 2.05) is 18.4 Å². The quantitative estimate of drug-likeness (QED) is 0.229. The molecule has 4 rings (SSSR count). The molecule has 0 aliphatic heterocycles. The Morgan fingerprint density at radius 2 is 2.18 bits per heavy atom. The number of ether oxygens (including phenoxy) is 1. The highest BCUT2D eigenvalue weighted by molar-refractivity contribution is 9.10. The number of nitrogens with zero attached hydrogens (tertiary/aromatic N) is 3. The van der Waals surface area contributed by atoms with Gasteiger partial charge in [-0.3, -0.25) is 4.79 Å². The van der Waals surface area contributed by atoms with E-state index in [0.29, 0.717) is 22.6 Å². The van der Waals surface area contributed by atoms with Gasteiger partial charge < -0.3 is 14.4 Å². The van der Waals surface area contributed by atoms with E-state index in [9.17, 15) is 4.79 Å². The number of benzene rings is 2. The van der Waals surface area contributed by atoms with E-state index >= 15 is 4.39 Å². The van der Waals surface area contributed by atoms with Crippen molar-refractivity contribution in [2.45, 2.75) is 19.9 Å². The molecule has 2 aromatic heterocycles. The molecule has 2 aromatic carbocycles. The Hall–Kier alpha value is -2.17. The van der Waals surface area contributed by atoms with Crippen molar-refractivity contribution in [3.63, 3.8) is 0 Å². The van der Waals surface area contributed by atoms with E-state index in [2.05, 4.69) is 25.9 Å². The lowest BCUT2D eigenvalue weighted by Gasteiger charge is -2.13. The fraction of sp³-hybridized carbons (Fsp3) is 0.261. The van der Waals surface area contributed by atoms with Crippen LogP contribution < -0.4 is 0 Å². The average molecular weight is 553 g/mol. The van der Waals surface area contributed by atoms with E-state index in [1.54, 1.807) is 29.1 Å². The number of imidazole rings is 1. The predicted molar refractivity (Wildman–Crippen MR) is 130 cm³/mol. The highest BCUT2D eigenvalue weighted by Crippen LogP contribution is 2.30. The fourth-order valence-electron chi connectivity index (χ4n) is 3.56. The lowest BCUT2D eigenvalue weighted by atomic mass is 9.95. The van der Waals surface area contributed by atoms with Crippen LogP contribution in [0.2, 0.25) is 5.02 Å². The number of hydrogen-bond acceptors (Lipinski definition) is 6. The topological polar surface area (TPSA) is 77.2 Å². The maximum Gasteiger partial charge on any atom is 0.188 e. The van der Waals surface area contributed by atoms with Crippen molar-refractivity contribution in [3.05, 3.63) is 78.7 Å². The predicted octanol–water partition coefficient (Wildman–Crippen LogP) is 5.19. The summed E-state index contributed by atoms with van der Waals surface area (Å²) in [5.74, 6) is -0.949. The van der Waals surface area contributed by atoms with E-state index < -0.39 is 5.82 Å². The van der Waals surface area contributed by atoms with Crippen molar-refractivity contribution in [2.75, 3.05) is 19.8 Å². The van der Waals surface area contributed by atoms with Gasteiger partial charge in [0.05, 0.1) is 42.3 Å². The third-order valence-electron chi connectivity index (χ3n) is 5.11. The van der Waals surface area contributed by atoms with Crippen LogP contribution in [-0.4, -0.2) is 45.2 Å². The summed E-state index contributed by atoms with van der Waals surface area (Å²) in [4.78, 5) is 21.7. The second kappa shape index (κ2) is 10.4. The summed E-state index contributed by atoms with van der Waals surface area (Å²) < 4.78 is 23.6. The Kier molecular flexibility index (Phi) is 7.55. The standard InChI is InChI=1S/C23H20BrClFN3O3S/c1-13-28-16(11-33-13)9-29-12-27-23-20(29)8-17(21(31)10-32-5-4-30)18(22(23)26)6-14-2-3-15(24)7-19(14)25/h2-3,7-8,11-12,30H,4-6,9-10H2,1H3. The van der Waals surface area contributed by atoms with Gasteiger partial charge in [-0.1, -0.05) is 33.6 Å². The molecule has 4 aromatic rings. The van der Waals surface area contributed by atoms with E-state index in [1.165, 1.54) is 11.3 Å². The van der Waals surface area contributed by atoms with Crippen molar-refractivity contribution in [1.29, 1.82) is 0 Å². The summed E-state index contributed by atoms with van der Waals surface area (Å²) in [6, 6.07) is 6.98. The summed E-state index contributed by atoms with van der Waals surface area (Å²) in [7, 11) is 0. The maximum atomic E-state index is 15.8. The largest absolute Gasteiger partial charge is 0.394 e. The number of thiazole rings is 1. The number of fused-ring (bicyclic) bond motifs is 1. The minimum Gasteiger partial charge on any atom is -0.394 e. The second-order valence-electron chi connectivity index (χ2n) is 7.43. The van der Waals surface area contributed by atoms with Gasteiger partial charge in [0.25, 0.3) is 0 Å². The molecule has 0 saturated carbocycles. The zero-order chi connectivity index (χ0) is 23.5. The Bertz CT molecular complexity index is 1320. The summed E-state index contributed by atoms with van der Waals surface area (Å²) >= 11 is 11.3. The molecule has 0 radical (unpaired) electrons. The smallest absolute Gasteiger partial charge is 0.188 e. The number of carbonyl (C=O) groups is 1.